The summed E-state index contributed by atoms with van der Waals surface area (Å²) in [6, 6.07) is 0.707. The molecular formula is C15H37NO5Si4. The highest BCUT2D eigenvalue weighted by molar-refractivity contribution is 6.90. The van der Waals surface area contributed by atoms with Gasteiger partial charge in [-0.15, -0.1) is 0 Å². The standard InChI is InChI=1S/C15H37NO5Si4/c1-14(16-15(17)18)12-11-13-25(19-22(2,3)4,20-23(5,6)7)21-24(8,9)10/h11-13H2,1-10H3,(H,17,18). The van der Waals surface area contributed by atoms with Gasteiger partial charge in [0.15, 0.2) is 25.0 Å². The number of aliphatic imine (C=N–C) groups is 1. The fraction of sp³-hybridized carbons (Fsp3) is 0.867. The van der Waals surface area contributed by atoms with Crippen LogP contribution in [0.3, 0.4) is 0 Å². The van der Waals surface area contributed by atoms with Crippen LogP contribution in [0.25, 0.3) is 0 Å². The molecule has 25 heavy (non-hydrogen) atoms. The van der Waals surface area contributed by atoms with Crippen molar-refractivity contribution >= 4 is 45.6 Å². The second kappa shape index (κ2) is 9.20. The van der Waals surface area contributed by atoms with Crippen molar-refractivity contribution in [2.24, 2.45) is 4.99 Å². The van der Waals surface area contributed by atoms with Gasteiger partial charge in [-0.1, -0.05) is 0 Å². The average molecular weight is 424 g/mol. The predicted octanol–water partition coefficient (Wildman–Crippen LogP) is 5.40. The Morgan fingerprint density at radius 3 is 1.48 bits per heavy atom. The third-order valence-electron chi connectivity index (χ3n) is 2.69. The van der Waals surface area contributed by atoms with Crippen LogP contribution in [0.2, 0.25) is 65.0 Å². The van der Waals surface area contributed by atoms with Crippen molar-refractivity contribution < 1.29 is 22.2 Å². The van der Waals surface area contributed by atoms with Gasteiger partial charge in [-0.05, 0) is 78.7 Å². The van der Waals surface area contributed by atoms with Crippen LogP contribution < -0.4 is 0 Å². The van der Waals surface area contributed by atoms with E-state index in [0.29, 0.717) is 18.2 Å². The second-order valence-electron chi connectivity index (χ2n) is 9.31. The lowest BCUT2D eigenvalue weighted by Crippen LogP contribution is -2.60. The van der Waals surface area contributed by atoms with Crippen molar-refractivity contribution in [1.29, 1.82) is 0 Å². The van der Waals surface area contributed by atoms with Crippen LogP contribution in [0, 0.1) is 0 Å². The Labute approximate surface area is 157 Å². The second-order valence-corrected chi connectivity index (χ2v) is 26.3. The van der Waals surface area contributed by atoms with Crippen molar-refractivity contribution in [3.8, 4) is 0 Å². The molecule has 0 aromatic carbocycles. The lowest BCUT2D eigenvalue weighted by atomic mass is 10.2. The number of amides is 1. The van der Waals surface area contributed by atoms with E-state index in [0.717, 1.165) is 6.42 Å². The molecule has 0 aromatic rings. The number of carbonyl (C=O) groups is 1. The fourth-order valence-corrected chi connectivity index (χ4v) is 17.1. The molecule has 0 aliphatic rings. The maximum atomic E-state index is 10.7. The quantitative estimate of drug-likeness (QED) is 0.376. The average Bonchev–Trinajstić information content (AvgIpc) is 2.18. The highest BCUT2D eigenvalue weighted by Gasteiger charge is 2.49. The minimum atomic E-state index is -2.83. The van der Waals surface area contributed by atoms with E-state index in [9.17, 15) is 4.79 Å². The van der Waals surface area contributed by atoms with Crippen molar-refractivity contribution in [3.05, 3.63) is 0 Å². The summed E-state index contributed by atoms with van der Waals surface area (Å²) < 4.78 is 19.8. The molecule has 0 rings (SSSR count). The zero-order valence-corrected chi connectivity index (χ0v) is 21.6. The van der Waals surface area contributed by atoms with E-state index < -0.39 is 39.8 Å². The molecule has 0 atom stereocenters. The summed E-state index contributed by atoms with van der Waals surface area (Å²) in [5, 5.41) is 8.77. The topological polar surface area (TPSA) is 77.3 Å². The molecule has 0 aliphatic carbocycles. The Morgan fingerprint density at radius 1 is 0.840 bits per heavy atom. The Kier molecular flexibility index (Phi) is 9.15. The number of nitrogens with zero attached hydrogens (tertiary/aromatic N) is 1. The first kappa shape index (κ1) is 24.9. The van der Waals surface area contributed by atoms with E-state index in [1.54, 1.807) is 6.92 Å². The summed E-state index contributed by atoms with van der Waals surface area (Å²) in [7, 11) is -8.42. The van der Waals surface area contributed by atoms with E-state index in [2.05, 4.69) is 63.9 Å². The molecule has 0 saturated heterocycles. The summed E-state index contributed by atoms with van der Waals surface area (Å²) in [5.41, 5.74) is 0.615. The van der Waals surface area contributed by atoms with Crippen LogP contribution in [0.15, 0.2) is 4.99 Å². The van der Waals surface area contributed by atoms with E-state index in [4.69, 9.17) is 17.5 Å². The van der Waals surface area contributed by atoms with Crippen molar-refractivity contribution in [2.45, 2.75) is 84.7 Å². The molecule has 10 heteroatoms. The fourth-order valence-electron chi connectivity index (χ4n) is 2.40. The first-order valence-corrected chi connectivity index (χ1v) is 21.0. The van der Waals surface area contributed by atoms with Crippen molar-refractivity contribution in [2.75, 3.05) is 0 Å². The van der Waals surface area contributed by atoms with Gasteiger partial charge in [-0.2, -0.15) is 4.99 Å². The van der Waals surface area contributed by atoms with Gasteiger partial charge in [-0.25, -0.2) is 4.79 Å². The van der Waals surface area contributed by atoms with E-state index >= 15 is 0 Å². The normalized spacial score (nSPS) is 14.7. The van der Waals surface area contributed by atoms with Crippen LogP contribution >= 0.6 is 0 Å². The third kappa shape index (κ3) is 13.7. The molecule has 0 spiro atoms. The minimum Gasteiger partial charge on any atom is -0.463 e. The molecule has 0 aliphatic heterocycles. The largest absolute Gasteiger partial charge is 0.469 e. The maximum absolute atomic E-state index is 10.7. The molecule has 0 unspecified atom stereocenters. The highest BCUT2D eigenvalue weighted by Crippen LogP contribution is 2.30. The van der Waals surface area contributed by atoms with Crippen LogP contribution in [0.1, 0.15) is 19.8 Å². The molecule has 0 radical (unpaired) electrons. The van der Waals surface area contributed by atoms with Gasteiger partial charge in [0.05, 0.1) is 0 Å². The molecule has 0 bridgehead atoms. The molecule has 148 valence electrons. The van der Waals surface area contributed by atoms with Gasteiger partial charge in [0, 0.05) is 11.8 Å². The lowest BCUT2D eigenvalue weighted by molar-refractivity contribution is 0.205. The molecule has 1 amide bonds. The number of hydrogen-bond acceptors (Lipinski definition) is 4. The summed E-state index contributed by atoms with van der Waals surface area (Å²) >= 11 is 0. The molecule has 0 heterocycles. The Hall–Kier alpha value is -0.112. The number of rotatable bonds is 10. The van der Waals surface area contributed by atoms with Crippen molar-refractivity contribution in [1.82, 2.24) is 0 Å². The van der Waals surface area contributed by atoms with Crippen LogP contribution in [-0.2, 0) is 12.3 Å². The molecule has 0 fully saturated rings. The van der Waals surface area contributed by atoms with Gasteiger partial charge in [-0.3, -0.25) is 0 Å². The van der Waals surface area contributed by atoms with Gasteiger partial charge >= 0.3 is 14.9 Å². The van der Waals surface area contributed by atoms with Gasteiger partial charge in [0.25, 0.3) is 0 Å². The Balaban J connectivity index is 5.47. The monoisotopic (exact) mass is 423 g/mol. The first-order valence-electron chi connectivity index (χ1n) is 8.81. The lowest BCUT2D eigenvalue weighted by Gasteiger charge is -2.43. The third-order valence-corrected chi connectivity index (χ3v) is 14.7. The molecule has 0 aromatic heterocycles. The Morgan fingerprint density at radius 2 is 1.20 bits per heavy atom. The summed E-state index contributed by atoms with van der Waals surface area (Å²) in [6.45, 7) is 21.2. The molecule has 1 N–H and O–H groups in total. The first-order chi connectivity index (χ1) is 10.9. The Bertz CT molecular complexity index is 437. The molecule has 0 saturated carbocycles. The SMILES string of the molecule is CC(CCC[Si](O[Si](C)(C)C)(O[Si](C)(C)C)O[Si](C)(C)C)=NC(=O)O. The zero-order chi connectivity index (χ0) is 20.1. The van der Waals surface area contributed by atoms with Gasteiger partial charge in [0.2, 0.25) is 0 Å². The van der Waals surface area contributed by atoms with Crippen LogP contribution in [-0.4, -0.2) is 50.7 Å². The summed E-state index contributed by atoms with van der Waals surface area (Å²) in [5.74, 6) is 0. The number of carboxylic acid groups (broad SMARTS) is 1. The summed E-state index contributed by atoms with van der Waals surface area (Å²) in [6.07, 6.45) is 0.227. The zero-order valence-electron chi connectivity index (χ0n) is 17.6. The van der Waals surface area contributed by atoms with Crippen LogP contribution in [0.4, 0.5) is 4.79 Å². The minimum absolute atomic E-state index is 0.611. The van der Waals surface area contributed by atoms with E-state index in [1.165, 1.54) is 0 Å². The number of hydrogen-bond donors (Lipinski definition) is 1. The van der Waals surface area contributed by atoms with Gasteiger partial charge < -0.3 is 17.5 Å². The van der Waals surface area contributed by atoms with E-state index in [-0.39, 0.29) is 0 Å². The van der Waals surface area contributed by atoms with E-state index in [1.807, 2.05) is 0 Å². The molecular weight excluding hydrogens is 387 g/mol. The summed E-state index contributed by atoms with van der Waals surface area (Å²) in [4.78, 5) is 14.3. The smallest absolute Gasteiger partial charge is 0.463 e. The van der Waals surface area contributed by atoms with Crippen molar-refractivity contribution in [3.63, 3.8) is 0 Å². The van der Waals surface area contributed by atoms with Gasteiger partial charge in [0.1, 0.15) is 0 Å². The highest BCUT2D eigenvalue weighted by atomic mass is 28.5. The predicted molar refractivity (Wildman–Crippen MR) is 114 cm³/mol. The maximum Gasteiger partial charge on any atom is 0.469 e. The van der Waals surface area contributed by atoms with Crippen LogP contribution in [0.5, 0.6) is 0 Å². The molecule has 6 nitrogen and oxygen atoms in total.